The van der Waals surface area contributed by atoms with E-state index in [0.717, 1.165) is 9.86 Å². The molecule has 0 aliphatic heterocycles. The highest BCUT2D eigenvalue weighted by Crippen LogP contribution is 2.33. The molecule has 0 saturated heterocycles. The molecule has 1 atom stereocenters. The van der Waals surface area contributed by atoms with Crippen LogP contribution in [0.4, 0.5) is 8.78 Å². The van der Waals surface area contributed by atoms with Crippen LogP contribution < -0.4 is 11.3 Å². The highest BCUT2D eigenvalue weighted by atomic mass is 79.9. The number of nitrogens with two attached hydrogens (primary N) is 1. The maximum Gasteiger partial charge on any atom is 0.148 e. The van der Waals surface area contributed by atoms with Crippen molar-refractivity contribution in [2.24, 2.45) is 5.84 Å². The zero-order chi connectivity index (χ0) is 15.0. The Balaban J connectivity index is 2.16. The maximum absolute atomic E-state index is 13.9. The summed E-state index contributed by atoms with van der Waals surface area (Å²) in [5, 5.41) is 0.816. The molecule has 0 radical (unpaired) electrons. The first-order valence-electron chi connectivity index (χ1n) is 6.20. The lowest BCUT2D eigenvalue weighted by atomic mass is 10.0. The number of furan rings is 1. The third kappa shape index (κ3) is 2.46. The molecule has 1 unspecified atom stereocenters. The molecule has 0 spiro atoms. The van der Waals surface area contributed by atoms with Gasteiger partial charge in [0.1, 0.15) is 29.0 Å². The van der Waals surface area contributed by atoms with Gasteiger partial charge in [0, 0.05) is 10.9 Å². The van der Waals surface area contributed by atoms with Crippen LogP contribution in [0.15, 0.2) is 51.4 Å². The smallest absolute Gasteiger partial charge is 0.148 e. The standard InChI is InChI=1S/C15H11BrF2N2O/c16-9-4-1-3-8-7-12(21-15(8)9)14(20-19)13-10(17)5-2-6-11(13)18/h1-7,14,20H,19H2. The van der Waals surface area contributed by atoms with Crippen molar-refractivity contribution in [3.8, 4) is 0 Å². The summed E-state index contributed by atoms with van der Waals surface area (Å²) in [6.45, 7) is 0. The number of rotatable bonds is 3. The molecule has 6 heteroatoms. The molecule has 108 valence electrons. The summed E-state index contributed by atoms with van der Waals surface area (Å²) in [6.07, 6.45) is 0. The first-order valence-corrected chi connectivity index (χ1v) is 6.99. The second-order valence-corrected chi connectivity index (χ2v) is 5.40. The van der Waals surface area contributed by atoms with E-state index in [4.69, 9.17) is 10.3 Å². The van der Waals surface area contributed by atoms with E-state index in [0.29, 0.717) is 11.3 Å². The van der Waals surface area contributed by atoms with Crippen molar-refractivity contribution in [1.82, 2.24) is 5.43 Å². The van der Waals surface area contributed by atoms with Crippen molar-refractivity contribution < 1.29 is 13.2 Å². The molecular weight excluding hydrogens is 342 g/mol. The van der Waals surface area contributed by atoms with Crippen LogP contribution in [0.2, 0.25) is 0 Å². The van der Waals surface area contributed by atoms with Crippen LogP contribution in [-0.4, -0.2) is 0 Å². The molecule has 0 saturated carbocycles. The lowest BCUT2D eigenvalue weighted by molar-refractivity contribution is 0.443. The Bertz CT molecular complexity index is 783. The molecule has 0 amide bonds. The molecule has 0 fully saturated rings. The number of fused-ring (bicyclic) bond motifs is 1. The second kappa shape index (κ2) is 5.55. The summed E-state index contributed by atoms with van der Waals surface area (Å²) >= 11 is 3.37. The minimum Gasteiger partial charge on any atom is -0.458 e. The largest absolute Gasteiger partial charge is 0.458 e. The van der Waals surface area contributed by atoms with Gasteiger partial charge in [0.2, 0.25) is 0 Å². The summed E-state index contributed by atoms with van der Waals surface area (Å²) in [7, 11) is 0. The normalized spacial score (nSPS) is 12.8. The number of benzene rings is 2. The molecule has 2 aromatic carbocycles. The van der Waals surface area contributed by atoms with Gasteiger partial charge in [-0.3, -0.25) is 5.84 Å². The van der Waals surface area contributed by atoms with Gasteiger partial charge < -0.3 is 4.42 Å². The topological polar surface area (TPSA) is 51.2 Å². The van der Waals surface area contributed by atoms with Gasteiger partial charge >= 0.3 is 0 Å². The highest BCUT2D eigenvalue weighted by Gasteiger charge is 2.24. The fourth-order valence-electron chi connectivity index (χ4n) is 2.28. The van der Waals surface area contributed by atoms with Crippen LogP contribution in [0.3, 0.4) is 0 Å². The van der Waals surface area contributed by atoms with E-state index in [-0.39, 0.29) is 5.56 Å². The van der Waals surface area contributed by atoms with Crippen molar-refractivity contribution in [3.63, 3.8) is 0 Å². The zero-order valence-corrected chi connectivity index (χ0v) is 12.3. The number of hydrogen-bond acceptors (Lipinski definition) is 3. The summed E-state index contributed by atoms with van der Waals surface area (Å²) < 4.78 is 34.3. The fraction of sp³-hybridized carbons (Fsp3) is 0.0667. The number of para-hydroxylation sites is 1. The van der Waals surface area contributed by atoms with Gasteiger partial charge in [-0.1, -0.05) is 18.2 Å². The summed E-state index contributed by atoms with van der Waals surface area (Å²) in [5.41, 5.74) is 2.84. The van der Waals surface area contributed by atoms with Crippen molar-refractivity contribution in [2.45, 2.75) is 6.04 Å². The Morgan fingerprint density at radius 2 is 1.76 bits per heavy atom. The minimum atomic E-state index is -0.912. The molecule has 3 rings (SSSR count). The van der Waals surface area contributed by atoms with Crippen LogP contribution in [0.25, 0.3) is 11.0 Å². The van der Waals surface area contributed by atoms with Gasteiger partial charge in [0.15, 0.2) is 0 Å². The first-order chi connectivity index (χ1) is 10.1. The monoisotopic (exact) mass is 352 g/mol. The zero-order valence-electron chi connectivity index (χ0n) is 10.7. The van der Waals surface area contributed by atoms with Crippen LogP contribution in [-0.2, 0) is 0 Å². The number of hydrogen-bond donors (Lipinski definition) is 2. The summed E-state index contributed by atoms with van der Waals surface area (Å²) in [4.78, 5) is 0. The van der Waals surface area contributed by atoms with Crippen LogP contribution in [0, 0.1) is 11.6 Å². The first kappa shape index (κ1) is 14.2. The quantitative estimate of drug-likeness (QED) is 0.552. The SMILES string of the molecule is NNC(c1cc2cccc(Br)c2o1)c1c(F)cccc1F. The summed E-state index contributed by atoms with van der Waals surface area (Å²) in [6, 6.07) is 9.98. The Labute approximate surface area is 127 Å². The van der Waals surface area contributed by atoms with Crippen molar-refractivity contribution in [2.75, 3.05) is 0 Å². The minimum absolute atomic E-state index is 0.171. The van der Waals surface area contributed by atoms with E-state index in [1.54, 1.807) is 6.07 Å². The highest BCUT2D eigenvalue weighted by molar-refractivity contribution is 9.10. The molecule has 1 aromatic heterocycles. The lowest BCUT2D eigenvalue weighted by Gasteiger charge is -2.15. The second-order valence-electron chi connectivity index (χ2n) is 4.54. The maximum atomic E-state index is 13.9. The fourth-order valence-corrected chi connectivity index (χ4v) is 2.75. The Hall–Kier alpha value is -1.76. The van der Waals surface area contributed by atoms with Crippen LogP contribution >= 0.6 is 15.9 Å². The number of nitrogens with one attached hydrogen (secondary N) is 1. The Morgan fingerprint density at radius 1 is 1.10 bits per heavy atom. The molecule has 0 aliphatic rings. The molecule has 3 N–H and O–H groups in total. The van der Waals surface area contributed by atoms with Crippen LogP contribution in [0.1, 0.15) is 17.4 Å². The van der Waals surface area contributed by atoms with Gasteiger partial charge in [-0.05, 0) is 40.2 Å². The predicted octanol–water partition coefficient (Wildman–Crippen LogP) is 4.03. The third-order valence-electron chi connectivity index (χ3n) is 3.25. The third-order valence-corrected chi connectivity index (χ3v) is 3.88. The van der Waals surface area contributed by atoms with E-state index in [1.165, 1.54) is 18.2 Å². The molecule has 21 heavy (non-hydrogen) atoms. The van der Waals surface area contributed by atoms with Crippen LogP contribution in [0.5, 0.6) is 0 Å². The average Bonchev–Trinajstić information content (AvgIpc) is 2.88. The molecule has 1 heterocycles. The van der Waals surface area contributed by atoms with Crippen molar-refractivity contribution in [3.05, 3.63) is 69.9 Å². The Kier molecular flexibility index (Phi) is 3.75. The lowest BCUT2D eigenvalue weighted by Crippen LogP contribution is -2.30. The van der Waals surface area contributed by atoms with Gasteiger partial charge in [-0.2, -0.15) is 0 Å². The van der Waals surface area contributed by atoms with Gasteiger partial charge in [0.25, 0.3) is 0 Å². The molecule has 0 aliphatic carbocycles. The number of hydrazine groups is 1. The molecule has 0 bridgehead atoms. The van der Waals surface area contributed by atoms with Crippen molar-refractivity contribution in [1.29, 1.82) is 0 Å². The van der Waals surface area contributed by atoms with E-state index in [9.17, 15) is 8.78 Å². The van der Waals surface area contributed by atoms with E-state index in [1.807, 2.05) is 18.2 Å². The predicted molar refractivity (Wildman–Crippen MR) is 79.4 cm³/mol. The van der Waals surface area contributed by atoms with Gasteiger partial charge in [-0.25, -0.2) is 14.2 Å². The van der Waals surface area contributed by atoms with Gasteiger partial charge in [-0.15, -0.1) is 0 Å². The van der Waals surface area contributed by atoms with E-state index in [2.05, 4.69) is 21.4 Å². The van der Waals surface area contributed by atoms with Crippen molar-refractivity contribution >= 4 is 26.9 Å². The Morgan fingerprint density at radius 3 is 2.38 bits per heavy atom. The molecular formula is C15H11BrF2N2O. The van der Waals surface area contributed by atoms with E-state index < -0.39 is 17.7 Å². The molecule has 3 aromatic rings. The van der Waals surface area contributed by atoms with Gasteiger partial charge in [0.05, 0.1) is 4.47 Å². The van der Waals surface area contributed by atoms with E-state index >= 15 is 0 Å². The summed E-state index contributed by atoms with van der Waals surface area (Å²) in [5.74, 6) is 4.45. The molecule has 3 nitrogen and oxygen atoms in total. The average molecular weight is 353 g/mol. The number of halogens is 3.